The first-order valence-corrected chi connectivity index (χ1v) is 5.72. The van der Waals surface area contributed by atoms with Gasteiger partial charge in [-0.1, -0.05) is 13.8 Å². The van der Waals surface area contributed by atoms with E-state index in [4.69, 9.17) is 5.11 Å². The first-order chi connectivity index (χ1) is 8.72. The standard InChI is InChI=1S/C12H9F2NO.C2H6/c13-10-3-1-8(2-4-10)12-11(14)9(7-16)5-6-15-12;1-2/h1-6,16H,7H2;1-2H3. The Labute approximate surface area is 105 Å². The van der Waals surface area contributed by atoms with Crippen molar-refractivity contribution in [3.05, 3.63) is 53.7 Å². The molecule has 0 saturated carbocycles. The summed E-state index contributed by atoms with van der Waals surface area (Å²) in [7, 11) is 0. The van der Waals surface area contributed by atoms with Crippen molar-refractivity contribution in [2.45, 2.75) is 20.5 Å². The minimum atomic E-state index is -0.573. The Balaban J connectivity index is 0.000000771. The van der Waals surface area contributed by atoms with Crippen molar-refractivity contribution in [1.82, 2.24) is 4.98 Å². The van der Waals surface area contributed by atoms with Gasteiger partial charge in [0.25, 0.3) is 0 Å². The van der Waals surface area contributed by atoms with E-state index in [1.165, 1.54) is 36.5 Å². The van der Waals surface area contributed by atoms with Crippen LogP contribution in [0, 0.1) is 11.6 Å². The van der Waals surface area contributed by atoms with Gasteiger partial charge in [0.1, 0.15) is 11.5 Å². The van der Waals surface area contributed by atoms with Gasteiger partial charge in [0.15, 0.2) is 5.82 Å². The highest BCUT2D eigenvalue weighted by Crippen LogP contribution is 2.22. The molecule has 0 amide bonds. The van der Waals surface area contributed by atoms with Crippen molar-refractivity contribution in [2.24, 2.45) is 0 Å². The number of halogens is 2. The van der Waals surface area contributed by atoms with Gasteiger partial charge in [0.05, 0.1) is 6.61 Å². The highest BCUT2D eigenvalue weighted by Gasteiger charge is 2.10. The molecule has 0 radical (unpaired) electrons. The van der Waals surface area contributed by atoms with Crippen molar-refractivity contribution in [3.63, 3.8) is 0 Å². The lowest BCUT2D eigenvalue weighted by Gasteiger charge is -2.05. The molecule has 1 heterocycles. The summed E-state index contributed by atoms with van der Waals surface area (Å²) in [4.78, 5) is 3.88. The van der Waals surface area contributed by atoms with Crippen molar-refractivity contribution in [1.29, 1.82) is 0 Å². The van der Waals surface area contributed by atoms with Gasteiger partial charge in [-0.05, 0) is 30.3 Å². The summed E-state index contributed by atoms with van der Waals surface area (Å²) in [6.07, 6.45) is 1.41. The van der Waals surface area contributed by atoms with E-state index in [0.29, 0.717) is 5.56 Å². The van der Waals surface area contributed by atoms with Crippen molar-refractivity contribution in [3.8, 4) is 11.3 Å². The second-order valence-corrected chi connectivity index (χ2v) is 3.30. The zero-order chi connectivity index (χ0) is 13.5. The molecule has 1 aromatic heterocycles. The largest absolute Gasteiger partial charge is 0.392 e. The van der Waals surface area contributed by atoms with E-state index in [1.807, 2.05) is 13.8 Å². The van der Waals surface area contributed by atoms with Crippen LogP contribution in [0.2, 0.25) is 0 Å². The number of nitrogens with zero attached hydrogens (tertiary/aromatic N) is 1. The molecule has 2 nitrogen and oxygen atoms in total. The fourth-order valence-electron chi connectivity index (χ4n) is 1.41. The topological polar surface area (TPSA) is 33.1 Å². The first kappa shape index (κ1) is 14.3. The van der Waals surface area contributed by atoms with Gasteiger partial charge in [-0.15, -0.1) is 0 Å². The highest BCUT2D eigenvalue weighted by atomic mass is 19.1. The lowest BCUT2D eigenvalue weighted by Crippen LogP contribution is -1.96. The molecular formula is C14H15F2NO. The molecule has 0 aliphatic carbocycles. The summed E-state index contributed by atoms with van der Waals surface area (Å²) < 4.78 is 26.4. The smallest absolute Gasteiger partial charge is 0.154 e. The zero-order valence-electron chi connectivity index (χ0n) is 10.3. The third-order valence-electron chi connectivity index (χ3n) is 2.26. The van der Waals surface area contributed by atoms with Crippen LogP contribution < -0.4 is 0 Å². The number of hydrogen-bond acceptors (Lipinski definition) is 2. The monoisotopic (exact) mass is 251 g/mol. The third kappa shape index (κ3) is 3.11. The molecule has 18 heavy (non-hydrogen) atoms. The van der Waals surface area contributed by atoms with Crippen molar-refractivity contribution in [2.75, 3.05) is 0 Å². The molecule has 2 rings (SSSR count). The maximum atomic E-state index is 13.7. The molecule has 4 heteroatoms. The lowest BCUT2D eigenvalue weighted by molar-refractivity contribution is 0.275. The van der Waals surface area contributed by atoms with Crippen molar-refractivity contribution >= 4 is 0 Å². The van der Waals surface area contributed by atoms with Gasteiger partial charge in [0.2, 0.25) is 0 Å². The minimum absolute atomic E-state index is 0.117. The summed E-state index contributed by atoms with van der Waals surface area (Å²) in [5.41, 5.74) is 0.773. The number of aliphatic hydroxyl groups excluding tert-OH is 1. The molecule has 1 aromatic carbocycles. The van der Waals surface area contributed by atoms with E-state index in [1.54, 1.807) is 0 Å². The van der Waals surface area contributed by atoms with Crippen LogP contribution in [0.1, 0.15) is 19.4 Å². The molecule has 0 unspecified atom stereocenters. The SMILES string of the molecule is CC.OCc1ccnc(-c2ccc(F)cc2)c1F. The van der Waals surface area contributed by atoms with Crippen LogP contribution in [0.25, 0.3) is 11.3 Å². The van der Waals surface area contributed by atoms with E-state index in [-0.39, 0.29) is 23.7 Å². The molecule has 0 aliphatic heterocycles. The minimum Gasteiger partial charge on any atom is -0.392 e. The second kappa shape index (κ2) is 6.81. The number of benzene rings is 1. The molecule has 0 fully saturated rings. The van der Waals surface area contributed by atoms with Crippen LogP contribution in [0.3, 0.4) is 0 Å². The second-order valence-electron chi connectivity index (χ2n) is 3.30. The van der Waals surface area contributed by atoms with E-state index < -0.39 is 5.82 Å². The predicted octanol–water partition coefficient (Wildman–Crippen LogP) is 3.55. The molecule has 0 aliphatic rings. The molecule has 0 atom stereocenters. The van der Waals surface area contributed by atoms with E-state index in [0.717, 1.165) is 0 Å². The lowest BCUT2D eigenvalue weighted by atomic mass is 10.1. The average molecular weight is 251 g/mol. The Morgan fingerprint density at radius 1 is 1.06 bits per heavy atom. The molecule has 1 N–H and O–H groups in total. The van der Waals surface area contributed by atoms with Gasteiger partial charge < -0.3 is 5.11 Å². The van der Waals surface area contributed by atoms with Crippen LogP contribution in [0.15, 0.2) is 36.5 Å². The highest BCUT2D eigenvalue weighted by molar-refractivity contribution is 5.60. The Morgan fingerprint density at radius 3 is 2.22 bits per heavy atom. The van der Waals surface area contributed by atoms with Crippen LogP contribution in [0.5, 0.6) is 0 Å². The Bertz CT molecular complexity index is 498. The maximum Gasteiger partial charge on any atom is 0.154 e. The predicted molar refractivity (Wildman–Crippen MR) is 66.9 cm³/mol. The van der Waals surface area contributed by atoms with Gasteiger partial charge in [-0.25, -0.2) is 8.78 Å². The molecule has 0 saturated heterocycles. The summed E-state index contributed by atoms with van der Waals surface area (Å²) >= 11 is 0. The molecule has 0 spiro atoms. The van der Waals surface area contributed by atoms with Gasteiger partial charge in [-0.2, -0.15) is 0 Å². The molecule has 2 aromatic rings. The third-order valence-corrected chi connectivity index (χ3v) is 2.26. The van der Waals surface area contributed by atoms with Gasteiger partial charge in [0, 0.05) is 17.3 Å². The van der Waals surface area contributed by atoms with Gasteiger partial charge in [-0.3, -0.25) is 4.98 Å². The van der Waals surface area contributed by atoms with E-state index in [9.17, 15) is 8.78 Å². The number of aliphatic hydroxyl groups is 1. The zero-order valence-corrected chi connectivity index (χ0v) is 10.3. The van der Waals surface area contributed by atoms with E-state index >= 15 is 0 Å². The summed E-state index contributed by atoms with van der Waals surface area (Å²) in [5, 5.41) is 8.91. The maximum absolute atomic E-state index is 13.7. The quantitative estimate of drug-likeness (QED) is 0.885. The average Bonchev–Trinajstić information content (AvgIpc) is 2.42. The van der Waals surface area contributed by atoms with Crippen molar-refractivity contribution < 1.29 is 13.9 Å². The Hall–Kier alpha value is -1.81. The Kier molecular flexibility index (Phi) is 5.39. The van der Waals surface area contributed by atoms with Crippen LogP contribution in [-0.4, -0.2) is 10.1 Å². The Morgan fingerprint density at radius 2 is 1.67 bits per heavy atom. The summed E-state index contributed by atoms with van der Waals surface area (Å²) in [6.45, 7) is 3.61. The van der Waals surface area contributed by atoms with Crippen LogP contribution >= 0.6 is 0 Å². The number of aromatic nitrogens is 1. The molecule has 96 valence electrons. The number of rotatable bonds is 2. The fraction of sp³-hybridized carbons (Fsp3) is 0.214. The normalized spacial score (nSPS) is 9.61. The van der Waals surface area contributed by atoms with E-state index in [2.05, 4.69) is 4.98 Å². The van der Waals surface area contributed by atoms with Crippen LogP contribution in [0.4, 0.5) is 8.78 Å². The molecule has 0 bridgehead atoms. The fourth-order valence-corrected chi connectivity index (χ4v) is 1.41. The number of pyridine rings is 1. The number of hydrogen-bond donors (Lipinski definition) is 1. The first-order valence-electron chi connectivity index (χ1n) is 5.72. The summed E-state index contributed by atoms with van der Waals surface area (Å²) in [6, 6.07) is 6.77. The van der Waals surface area contributed by atoms with Crippen LogP contribution in [-0.2, 0) is 6.61 Å². The van der Waals surface area contributed by atoms with Gasteiger partial charge >= 0.3 is 0 Å². The molecular weight excluding hydrogens is 236 g/mol. The summed E-state index contributed by atoms with van der Waals surface area (Å²) in [5.74, 6) is -0.959.